The van der Waals surface area contributed by atoms with Crippen LogP contribution in [0.5, 0.6) is 5.75 Å². The molecule has 2 atom stereocenters. The molecule has 178 valence electrons. The van der Waals surface area contributed by atoms with Gasteiger partial charge in [-0.2, -0.15) is 13.2 Å². The number of nitrogens with zero attached hydrogens (tertiary/aromatic N) is 2. The topological polar surface area (TPSA) is 63.7 Å². The van der Waals surface area contributed by atoms with Crippen LogP contribution in [0.4, 0.5) is 13.2 Å². The number of ether oxygens (including phenoxy) is 2. The fourth-order valence-electron chi connectivity index (χ4n) is 4.59. The molecule has 2 aliphatic heterocycles. The number of aromatic nitrogens is 1. The smallest absolute Gasteiger partial charge is 0.416 e. The molecule has 4 rings (SSSR count). The molecule has 9 heteroatoms. The quantitative estimate of drug-likeness (QED) is 0.702. The molecule has 3 heterocycles. The van der Waals surface area contributed by atoms with E-state index in [0.29, 0.717) is 45.6 Å². The Kier molecular flexibility index (Phi) is 6.90. The van der Waals surface area contributed by atoms with Crippen LogP contribution in [0.3, 0.4) is 0 Å². The van der Waals surface area contributed by atoms with Crippen LogP contribution in [-0.2, 0) is 15.7 Å². The van der Waals surface area contributed by atoms with Crippen LogP contribution in [0, 0.1) is 0 Å². The lowest BCUT2D eigenvalue weighted by atomic mass is 9.86. The van der Waals surface area contributed by atoms with Gasteiger partial charge >= 0.3 is 6.18 Å². The van der Waals surface area contributed by atoms with E-state index in [2.05, 4.69) is 15.2 Å². The van der Waals surface area contributed by atoms with E-state index >= 15 is 0 Å². The van der Waals surface area contributed by atoms with Crippen molar-refractivity contribution >= 4 is 5.91 Å². The van der Waals surface area contributed by atoms with Crippen molar-refractivity contribution in [3.8, 4) is 5.75 Å². The standard InChI is InChI=1S/C24H28F3N3O3/c1-17(18-4-3-10-28-15-18)29-22(31)23(8-12-32-13-9-23)30-11-7-21(16-30)33-20-6-2-5-19(14-20)24(25,26)27/h2-6,10,14-15,17,21H,7-9,11-13,16H2,1H3,(H,29,31)/t17?,21-/m1/s1. The van der Waals surface area contributed by atoms with Crippen LogP contribution in [0.1, 0.15) is 43.4 Å². The average molecular weight is 464 g/mol. The Morgan fingerprint density at radius 2 is 2.06 bits per heavy atom. The lowest BCUT2D eigenvalue weighted by Gasteiger charge is -2.43. The SMILES string of the molecule is CC(NC(=O)C1(N2CC[C@@H](Oc3cccc(C(F)(F)F)c3)C2)CCOCC1)c1cccnc1. The van der Waals surface area contributed by atoms with Crippen molar-refractivity contribution in [2.24, 2.45) is 0 Å². The van der Waals surface area contributed by atoms with Crippen LogP contribution < -0.4 is 10.1 Å². The predicted octanol–water partition coefficient (Wildman–Crippen LogP) is 3.98. The van der Waals surface area contributed by atoms with E-state index in [9.17, 15) is 18.0 Å². The largest absolute Gasteiger partial charge is 0.489 e. The number of alkyl halides is 3. The Morgan fingerprint density at radius 3 is 2.76 bits per heavy atom. The van der Waals surface area contributed by atoms with E-state index in [-0.39, 0.29) is 23.8 Å². The van der Waals surface area contributed by atoms with Gasteiger partial charge in [0.25, 0.3) is 0 Å². The van der Waals surface area contributed by atoms with E-state index in [0.717, 1.165) is 17.7 Å². The molecule has 1 aromatic carbocycles. The molecule has 0 radical (unpaired) electrons. The lowest BCUT2D eigenvalue weighted by molar-refractivity contribution is -0.141. The monoisotopic (exact) mass is 463 g/mol. The van der Waals surface area contributed by atoms with Gasteiger partial charge in [-0.15, -0.1) is 0 Å². The number of pyridine rings is 1. The van der Waals surface area contributed by atoms with Crippen LogP contribution >= 0.6 is 0 Å². The first kappa shape index (κ1) is 23.5. The van der Waals surface area contributed by atoms with Gasteiger partial charge < -0.3 is 14.8 Å². The van der Waals surface area contributed by atoms with Crippen LogP contribution in [0.15, 0.2) is 48.8 Å². The van der Waals surface area contributed by atoms with Crippen LogP contribution in [-0.4, -0.2) is 53.7 Å². The van der Waals surface area contributed by atoms with Crippen molar-refractivity contribution in [1.82, 2.24) is 15.2 Å². The van der Waals surface area contributed by atoms with Gasteiger partial charge in [0.2, 0.25) is 5.91 Å². The Balaban J connectivity index is 1.45. The van der Waals surface area contributed by atoms with Gasteiger partial charge in [-0.1, -0.05) is 12.1 Å². The normalized spacial score (nSPS) is 22.0. The first-order valence-corrected chi connectivity index (χ1v) is 11.2. The maximum atomic E-state index is 13.5. The van der Waals surface area contributed by atoms with E-state index in [1.54, 1.807) is 12.4 Å². The molecular weight excluding hydrogens is 435 g/mol. The third-order valence-corrected chi connectivity index (χ3v) is 6.49. The number of rotatable bonds is 6. The van der Waals surface area contributed by atoms with Crippen molar-refractivity contribution in [3.63, 3.8) is 0 Å². The molecule has 1 amide bonds. The summed E-state index contributed by atoms with van der Waals surface area (Å²) < 4.78 is 50.5. The van der Waals surface area contributed by atoms with Crippen molar-refractivity contribution in [2.45, 2.75) is 50.0 Å². The molecular formula is C24H28F3N3O3. The molecule has 2 aromatic rings. The summed E-state index contributed by atoms with van der Waals surface area (Å²) in [6.45, 7) is 3.96. The maximum Gasteiger partial charge on any atom is 0.416 e. The molecule has 0 aliphatic carbocycles. The van der Waals surface area contributed by atoms with Gasteiger partial charge in [0.1, 0.15) is 17.4 Å². The zero-order valence-electron chi connectivity index (χ0n) is 18.5. The van der Waals surface area contributed by atoms with Gasteiger partial charge in [-0.3, -0.25) is 14.7 Å². The third-order valence-electron chi connectivity index (χ3n) is 6.49. The minimum atomic E-state index is -4.42. The molecule has 2 fully saturated rings. The van der Waals surface area contributed by atoms with Crippen LogP contribution in [0.2, 0.25) is 0 Å². The molecule has 2 saturated heterocycles. The summed E-state index contributed by atoms with van der Waals surface area (Å²) in [7, 11) is 0. The Morgan fingerprint density at radius 1 is 1.27 bits per heavy atom. The highest BCUT2D eigenvalue weighted by Gasteiger charge is 2.48. The highest BCUT2D eigenvalue weighted by Crippen LogP contribution is 2.35. The summed E-state index contributed by atoms with van der Waals surface area (Å²) in [5.74, 6) is 0.120. The number of halogens is 3. The molecule has 6 nitrogen and oxygen atoms in total. The Hall–Kier alpha value is -2.65. The van der Waals surface area contributed by atoms with Crippen molar-refractivity contribution < 1.29 is 27.4 Å². The fraction of sp³-hybridized carbons (Fsp3) is 0.500. The molecule has 2 aliphatic rings. The number of carbonyl (C=O) groups excluding carboxylic acids is 1. The summed E-state index contributed by atoms with van der Waals surface area (Å²) in [5.41, 5.74) is -0.555. The maximum absolute atomic E-state index is 13.5. The summed E-state index contributed by atoms with van der Waals surface area (Å²) in [4.78, 5) is 19.7. The zero-order valence-corrected chi connectivity index (χ0v) is 18.5. The van der Waals surface area contributed by atoms with Gasteiger partial charge in [0.15, 0.2) is 0 Å². The molecule has 0 spiro atoms. The zero-order chi connectivity index (χ0) is 23.5. The number of amides is 1. The highest BCUT2D eigenvalue weighted by atomic mass is 19.4. The van der Waals surface area contributed by atoms with Crippen molar-refractivity contribution in [2.75, 3.05) is 26.3 Å². The Bertz CT molecular complexity index is 949. The van der Waals surface area contributed by atoms with Gasteiger partial charge in [-0.05, 0) is 56.0 Å². The predicted molar refractivity (Wildman–Crippen MR) is 116 cm³/mol. The van der Waals surface area contributed by atoms with E-state index in [1.165, 1.54) is 12.1 Å². The molecule has 33 heavy (non-hydrogen) atoms. The summed E-state index contributed by atoms with van der Waals surface area (Å²) in [5, 5.41) is 3.13. The number of likely N-dealkylation sites (tertiary alicyclic amines) is 1. The summed E-state index contributed by atoms with van der Waals surface area (Å²) in [6.07, 6.45) is 0.435. The molecule has 1 N–H and O–H groups in total. The number of hydrogen-bond acceptors (Lipinski definition) is 5. The van der Waals surface area contributed by atoms with Crippen LogP contribution in [0.25, 0.3) is 0 Å². The second kappa shape index (κ2) is 9.69. The molecule has 0 bridgehead atoms. The van der Waals surface area contributed by atoms with E-state index in [4.69, 9.17) is 9.47 Å². The lowest BCUT2D eigenvalue weighted by Crippen LogP contribution is -2.61. The molecule has 0 saturated carbocycles. The third kappa shape index (κ3) is 5.30. The first-order chi connectivity index (χ1) is 15.8. The second-order valence-corrected chi connectivity index (χ2v) is 8.63. The molecule has 1 aromatic heterocycles. The molecule has 1 unspecified atom stereocenters. The first-order valence-electron chi connectivity index (χ1n) is 11.2. The minimum absolute atomic E-state index is 0.0677. The highest BCUT2D eigenvalue weighted by molar-refractivity contribution is 5.87. The van der Waals surface area contributed by atoms with Gasteiger partial charge in [0, 0.05) is 38.7 Å². The number of nitrogens with one attached hydrogen (secondary N) is 1. The number of benzene rings is 1. The average Bonchev–Trinajstić information content (AvgIpc) is 3.28. The number of hydrogen-bond donors (Lipinski definition) is 1. The van der Waals surface area contributed by atoms with Crippen molar-refractivity contribution in [3.05, 3.63) is 59.9 Å². The second-order valence-electron chi connectivity index (χ2n) is 8.63. The Labute approximate surface area is 191 Å². The van der Waals surface area contributed by atoms with Gasteiger partial charge in [-0.25, -0.2) is 0 Å². The number of carbonyl (C=O) groups is 1. The summed E-state index contributed by atoms with van der Waals surface area (Å²) >= 11 is 0. The van der Waals surface area contributed by atoms with E-state index < -0.39 is 17.3 Å². The minimum Gasteiger partial charge on any atom is -0.489 e. The van der Waals surface area contributed by atoms with E-state index in [1.807, 2.05) is 19.1 Å². The fourth-order valence-corrected chi connectivity index (χ4v) is 4.59. The van der Waals surface area contributed by atoms with Gasteiger partial charge in [0.05, 0.1) is 11.6 Å². The summed E-state index contributed by atoms with van der Waals surface area (Å²) in [6, 6.07) is 8.48. The van der Waals surface area contributed by atoms with Crippen molar-refractivity contribution in [1.29, 1.82) is 0 Å².